The summed E-state index contributed by atoms with van der Waals surface area (Å²) in [4.78, 5) is 28.0. The SMILES string of the molecule is Cc1cccc(CN2C(=O)C(=Cc3ccc(C(=O)NC(C)CCc4ccccc4)cc3)Oc3ccccc32)c1. The van der Waals surface area contributed by atoms with Crippen molar-refractivity contribution in [2.45, 2.75) is 39.3 Å². The second-order valence-electron chi connectivity index (χ2n) is 9.98. The zero-order valence-electron chi connectivity index (χ0n) is 22.3. The second-order valence-corrected chi connectivity index (χ2v) is 9.98. The molecule has 1 heterocycles. The number of benzene rings is 4. The topological polar surface area (TPSA) is 58.6 Å². The van der Waals surface area contributed by atoms with Gasteiger partial charge in [-0.2, -0.15) is 0 Å². The van der Waals surface area contributed by atoms with Crippen molar-refractivity contribution in [2.24, 2.45) is 0 Å². The molecule has 0 bridgehead atoms. The number of rotatable bonds is 8. The smallest absolute Gasteiger partial charge is 0.294 e. The lowest BCUT2D eigenvalue weighted by Gasteiger charge is -2.30. The minimum Gasteiger partial charge on any atom is -0.449 e. The van der Waals surface area contributed by atoms with Crippen LogP contribution in [0.25, 0.3) is 6.08 Å². The normalized spacial score (nSPS) is 14.5. The monoisotopic (exact) mass is 516 g/mol. The number of aryl methyl sites for hydroxylation is 2. The lowest BCUT2D eigenvalue weighted by molar-refractivity contribution is -0.117. The van der Waals surface area contributed by atoms with E-state index in [1.165, 1.54) is 5.56 Å². The predicted molar refractivity (Wildman–Crippen MR) is 156 cm³/mol. The van der Waals surface area contributed by atoms with Gasteiger partial charge in [0, 0.05) is 11.6 Å². The average molecular weight is 517 g/mol. The zero-order valence-corrected chi connectivity index (χ0v) is 22.3. The molecule has 0 aliphatic carbocycles. The summed E-state index contributed by atoms with van der Waals surface area (Å²) >= 11 is 0. The maximum Gasteiger partial charge on any atom is 0.294 e. The van der Waals surface area contributed by atoms with Crippen LogP contribution >= 0.6 is 0 Å². The van der Waals surface area contributed by atoms with Crippen molar-refractivity contribution in [2.75, 3.05) is 4.90 Å². The van der Waals surface area contributed by atoms with Crippen molar-refractivity contribution in [1.82, 2.24) is 5.32 Å². The van der Waals surface area contributed by atoms with Gasteiger partial charge in [-0.25, -0.2) is 0 Å². The van der Waals surface area contributed by atoms with Gasteiger partial charge >= 0.3 is 0 Å². The molecule has 1 aliphatic rings. The van der Waals surface area contributed by atoms with Gasteiger partial charge in [-0.15, -0.1) is 0 Å². The Morgan fingerprint density at radius 3 is 2.38 bits per heavy atom. The van der Waals surface area contributed by atoms with Gasteiger partial charge in [0.1, 0.15) is 0 Å². The Hall–Kier alpha value is -4.64. The van der Waals surface area contributed by atoms with E-state index >= 15 is 0 Å². The molecule has 1 N–H and O–H groups in total. The average Bonchev–Trinajstić information content (AvgIpc) is 2.95. The number of amides is 2. The van der Waals surface area contributed by atoms with Crippen LogP contribution in [0.5, 0.6) is 5.75 Å². The summed E-state index contributed by atoms with van der Waals surface area (Å²) in [5.74, 6) is 0.562. The van der Waals surface area contributed by atoms with E-state index in [0.29, 0.717) is 17.9 Å². The van der Waals surface area contributed by atoms with Gasteiger partial charge < -0.3 is 10.1 Å². The van der Waals surface area contributed by atoms with E-state index < -0.39 is 0 Å². The lowest BCUT2D eigenvalue weighted by Crippen LogP contribution is -2.36. The number of anilines is 1. The molecule has 196 valence electrons. The molecule has 0 radical (unpaired) electrons. The number of fused-ring (bicyclic) bond motifs is 1. The minimum absolute atomic E-state index is 0.0483. The summed E-state index contributed by atoms with van der Waals surface area (Å²) in [5, 5.41) is 3.08. The molecule has 0 spiro atoms. The van der Waals surface area contributed by atoms with Crippen LogP contribution in [0.1, 0.15) is 46.0 Å². The number of hydrogen-bond donors (Lipinski definition) is 1. The van der Waals surface area contributed by atoms with Gasteiger partial charge in [-0.05, 0) is 73.7 Å². The highest BCUT2D eigenvalue weighted by Crippen LogP contribution is 2.36. The Balaban J connectivity index is 1.28. The first-order valence-electron chi connectivity index (χ1n) is 13.3. The first-order chi connectivity index (χ1) is 19.0. The molecule has 4 aromatic rings. The number of para-hydroxylation sites is 2. The minimum atomic E-state index is -0.204. The van der Waals surface area contributed by atoms with Gasteiger partial charge in [0.25, 0.3) is 11.8 Å². The highest BCUT2D eigenvalue weighted by molar-refractivity contribution is 6.09. The molecule has 1 unspecified atom stereocenters. The maximum absolute atomic E-state index is 13.5. The van der Waals surface area contributed by atoms with Gasteiger partial charge in [-0.1, -0.05) is 84.4 Å². The maximum atomic E-state index is 13.5. The van der Waals surface area contributed by atoms with Crippen molar-refractivity contribution in [3.63, 3.8) is 0 Å². The number of hydrogen-bond acceptors (Lipinski definition) is 3. The molecule has 2 amide bonds. The molecule has 5 nitrogen and oxygen atoms in total. The molecular weight excluding hydrogens is 484 g/mol. The predicted octanol–water partition coefficient (Wildman–Crippen LogP) is 6.71. The molecule has 0 saturated carbocycles. The summed E-state index contributed by atoms with van der Waals surface area (Å²) < 4.78 is 6.02. The van der Waals surface area contributed by atoms with Gasteiger partial charge in [0.15, 0.2) is 11.5 Å². The van der Waals surface area contributed by atoms with E-state index in [4.69, 9.17) is 4.74 Å². The molecule has 1 aliphatic heterocycles. The van der Waals surface area contributed by atoms with E-state index in [1.54, 1.807) is 23.1 Å². The standard InChI is InChI=1S/C34H32N2O3/c1-24-9-8-12-28(21-24)23-36-30-13-6-7-14-31(30)39-32(34(36)38)22-27-17-19-29(20-18-27)33(37)35-25(2)15-16-26-10-4-3-5-11-26/h3-14,17-22,25H,15-16,23H2,1-2H3,(H,35,37). The molecule has 5 heteroatoms. The highest BCUT2D eigenvalue weighted by Gasteiger charge is 2.30. The number of nitrogens with zero attached hydrogens (tertiary/aromatic N) is 1. The number of nitrogens with one attached hydrogen (secondary N) is 1. The molecule has 0 saturated heterocycles. The van der Waals surface area contributed by atoms with Crippen LogP contribution in [0.3, 0.4) is 0 Å². The number of carbonyl (C=O) groups is 2. The fourth-order valence-electron chi connectivity index (χ4n) is 4.70. The van der Waals surface area contributed by atoms with E-state index in [2.05, 4.69) is 23.5 Å². The first kappa shape index (κ1) is 26.0. The van der Waals surface area contributed by atoms with Gasteiger partial charge in [0.2, 0.25) is 0 Å². The van der Waals surface area contributed by atoms with Crippen molar-refractivity contribution in [3.05, 3.63) is 137 Å². The van der Waals surface area contributed by atoms with Gasteiger partial charge in [0.05, 0.1) is 12.2 Å². The molecular formula is C34H32N2O3. The Labute approximate surface area is 229 Å². The Morgan fingerprint density at radius 1 is 0.897 bits per heavy atom. The molecule has 1 atom stereocenters. The van der Waals surface area contributed by atoms with Crippen molar-refractivity contribution in [1.29, 1.82) is 0 Å². The van der Waals surface area contributed by atoms with Crippen molar-refractivity contribution < 1.29 is 14.3 Å². The Morgan fingerprint density at radius 2 is 1.62 bits per heavy atom. The van der Waals surface area contributed by atoms with Gasteiger partial charge in [-0.3, -0.25) is 14.5 Å². The van der Waals surface area contributed by atoms with Crippen LogP contribution in [0, 0.1) is 6.92 Å². The molecule has 0 fully saturated rings. The van der Waals surface area contributed by atoms with Crippen LogP contribution in [0.2, 0.25) is 0 Å². The third kappa shape index (κ3) is 6.44. The summed E-state index contributed by atoms with van der Waals surface area (Å²) in [7, 11) is 0. The second kappa shape index (κ2) is 11.8. The summed E-state index contributed by atoms with van der Waals surface area (Å²) in [6, 6.07) is 33.2. The zero-order chi connectivity index (χ0) is 27.2. The van der Waals surface area contributed by atoms with E-state index in [-0.39, 0.29) is 23.6 Å². The van der Waals surface area contributed by atoms with E-state index in [1.807, 2.05) is 86.6 Å². The molecule has 0 aromatic heterocycles. The fourth-order valence-corrected chi connectivity index (χ4v) is 4.70. The van der Waals surface area contributed by atoms with E-state index in [0.717, 1.165) is 35.2 Å². The molecule has 39 heavy (non-hydrogen) atoms. The van der Waals surface area contributed by atoms with Crippen LogP contribution in [-0.2, 0) is 17.8 Å². The number of carbonyl (C=O) groups excluding carboxylic acids is 2. The fraction of sp³-hybridized carbons (Fsp3) is 0.176. The molecule has 4 aromatic carbocycles. The third-order valence-electron chi connectivity index (χ3n) is 6.81. The van der Waals surface area contributed by atoms with Crippen LogP contribution in [-0.4, -0.2) is 17.9 Å². The summed E-state index contributed by atoms with van der Waals surface area (Å²) in [5.41, 5.74) is 5.55. The summed E-state index contributed by atoms with van der Waals surface area (Å²) in [6.07, 6.45) is 3.50. The van der Waals surface area contributed by atoms with Crippen molar-refractivity contribution >= 4 is 23.6 Å². The van der Waals surface area contributed by atoms with Crippen LogP contribution < -0.4 is 15.0 Å². The molecule has 5 rings (SSSR count). The largest absolute Gasteiger partial charge is 0.449 e. The Bertz CT molecular complexity index is 1490. The first-order valence-corrected chi connectivity index (χ1v) is 13.3. The third-order valence-corrected chi connectivity index (χ3v) is 6.81. The van der Waals surface area contributed by atoms with Crippen LogP contribution in [0.15, 0.2) is 109 Å². The summed E-state index contributed by atoms with van der Waals surface area (Å²) in [6.45, 7) is 4.50. The van der Waals surface area contributed by atoms with E-state index in [9.17, 15) is 9.59 Å². The number of ether oxygens (including phenoxy) is 1. The highest BCUT2D eigenvalue weighted by atomic mass is 16.5. The Kier molecular flexibility index (Phi) is 7.88. The lowest BCUT2D eigenvalue weighted by atomic mass is 10.1. The van der Waals surface area contributed by atoms with Crippen LogP contribution in [0.4, 0.5) is 5.69 Å². The quantitative estimate of drug-likeness (QED) is 0.265. The van der Waals surface area contributed by atoms with Crippen molar-refractivity contribution in [3.8, 4) is 5.75 Å².